The average molecular weight is 1940 g/mol. The zero-order valence-electron chi connectivity index (χ0n) is 72.6. The van der Waals surface area contributed by atoms with Gasteiger partial charge in [0.1, 0.15) is 0 Å². The Morgan fingerprint density at radius 3 is 0.161 bits per heavy atom. The highest BCUT2D eigenvalue weighted by Crippen LogP contribution is 2.36. The SMILES string of the molecule is CCC(C)(S(=O)(=O)CC)S(=O)(=O)CC.CCC(C)(S(=O)(=O)CC)S(=O)(=O)CC.CCC(C)(S(=O)(=O)CC)S(=O)(=O)CC.CCC(C)(S(=O)(=O)CC)S(=O)(=O)CC.CCC(C)(S(=O)(=O)CC)S(=O)(=O)CC.CCC(C)(S(=O)(=O)CC)S(=O)(=O)CC.CCC(C)(S(=O)(=O)CC)S(=O)(=O)CC.CCC(C)(S(=O)(=O)CC)S(=O)(=O)CC. The third-order valence-corrected chi connectivity index (χ3v) is 71.8. The molecule has 0 aromatic rings. The minimum Gasteiger partial charge on any atom is -0.227 e. The van der Waals surface area contributed by atoms with Crippen LogP contribution in [0, 0.1) is 0 Å². The molecule has 0 rings (SSSR count). The fourth-order valence-corrected chi connectivity index (χ4v) is 44.8. The van der Waals surface area contributed by atoms with Crippen molar-refractivity contribution < 1.29 is 135 Å². The normalized spacial score (nSPS) is 14.3. The van der Waals surface area contributed by atoms with Crippen molar-refractivity contribution in [1.29, 1.82) is 0 Å². The van der Waals surface area contributed by atoms with Crippen molar-refractivity contribution in [3.63, 3.8) is 0 Å². The van der Waals surface area contributed by atoms with E-state index in [4.69, 9.17) is 0 Å². The van der Waals surface area contributed by atoms with Gasteiger partial charge in [-0.2, -0.15) is 0 Å². The van der Waals surface area contributed by atoms with Gasteiger partial charge >= 0.3 is 0 Å². The molecule has 48 heteroatoms. The Morgan fingerprint density at radius 1 is 0.107 bits per heavy atom. The fraction of sp³-hybridized carbons (Fsp3) is 1.00. The van der Waals surface area contributed by atoms with Gasteiger partial charge in [0.2, 0.25) is 0 Å². The van der Waals surface area contributed by atoms with E-state index in [1.165, 1.54) is 166 Å². The molecule has 0 aliphatic heterocycles. The van der Waals surface area contributed by atoms with Gasteiger partial charge in [-0.25, -0.2) is 135 Å². The van der Waals surface area contributed by atoms with Crippen molar-refractivity contribution in [2.45, 2.75) is 306 Å². The number of hydrogen-bond acceptors (Lipinski definition) is 32. The Bertz CT molecular complexity index is 3680. The molecule has 0 radical (unpaired) electrons. The van der Waals surface area contributed by atoms with Crippen LogP contribution in [0.4, 0.5) is 0 Å². The molecule has 0 aromatic heterocycles. The van der Waals surface area contributed by atoms with E-state index in [9.17, 15) is 135 Å². The molecule has 0 aliphatic carbocycles. The van der Waals surface area contributed by atoms with Crippen molar-refractivity contribution in [2.75, 3.05) is 92.0 Å². The first kappa shape index (κ1) is 127. The molecular weight excluding hydrogens is 1790 g/mol. The van der Waals surface area contributed by atoms with Gasteiger partial charge in [0.05, 0.1) is 0 Å². The summed E-state index contributed by atoms with van der Waals surface area (Å²) in [6, 6.07) is 0. The van der Waals surface area contributed by atoms with Crippen LogP contribution in [0.25, 0.3) is 0 Å². The standard InChI is InChI=1S/8C8H18O4S2/c8*1-5-8(4,13(9,10)6-2)14(11,12)7-3/h8*5-7H2,1-4H3. The molecule has 0 amide bonds. The van der Waals surface area contributed by atoms with Gasteiger partial charge in [-0.3, -0.25) is 0 Å². The van der Waals surface area contributed by atoms with E-state index >= 15 is 0 Å². The maximum Gasteiger partial charge on any atom is 0.170 e. The Kier molecular flexibility index (Phi) is 53.2. The van der Waals surface area contributed by atoms with E-state index in [-0.39, 0.29) is 143 Å². The molecule has 112 heavy (non-hydrogen) atoms. The monoisotopic (exact) mass is 1940 g/mol. The average Bonchev–Trinajstić information content (AvgIpc) is 0.834. The largest absolute Gasteiger partial charge is 0.227 e. The van der Waals surface area contributed by atoms with Gasteiger partial charge in [0, 0.05) is 92.0 Å². The van der Waals surface area contributed by atoms with Crippen molar-refractivity contribution in [3.8, 4) is 0 Å². The summed E-state index contributed by atoms with van der Waals surface area (Å²) < 4.78 is 361. The molecule has 0 heterocycles. The van der Waals surface area contributed by atoms with Crippen LogP contribution >= 0.6 is 0 Å². The first-order valence-corrected chi connectivity index (χ1v) is 63.5. The van der Waals surface area contributed by atoms with Gasteiger partial charge in [-0.15, -0.1) is 0 Å². The maximum atomic E-state index is 11.7. The summed E-state index contributed by atoms with van der Waals surface area (Å²) in [5, 5.41) is 0. The third-order valence-electron chi connectivity index (χ3n) is 21.7. The number of hydrogen-bond donors (Lipinski definition) is 0. The van der Waals surface area contributed by atoms with Gasteiger partial charge in [-0.05, 0) is 107 Å². The summed E-state index contributed by atoms with van der Waals surface area (Å²) >= 11 is 0. The summed E-state index contributed by atoms with van der Waals surface area (Å²) in [7, 11) is -57.1. The zero-order chi connectivity index (χ0) is 93.0. The Hall–Kier alpha value is -0.800. The van der Waals surface area contributed by atoms with Crippen LogP contribution in [0.1, 0.15) is 273 Å². The summed E-state index contributed by atoms with van der Waals surface area (Å²) in [5.74, 6) is -2.28. The third kappa shape index (κ3) is 27.6. The second-order valence-corrected chi connectivity index (χ2v) is 71.7. The van der Waals surface area contributed by atoms with Crippen molar-refractivity contribution in [1.82, 2.24) is 0 Å². The quantitative estimate of drug-likeness (QED) is 0.0563. The van der Waals surface area contributed by atoms with E-state index in [2.05, 4.69) is 0 Å². The first-order chi connectivity index (χ1) is 49.5. The highest BCUT2D eigenvalue weighted by Gasteiger charge is 2.53. The molecule has 688 valence electrons. The summed E-state index contributed by atoms with van der Waals surface area (Å²) in [5.41, 5.74) is 0. The highest BCUT2D eigenvalue weighted by atomic mass is 32.3. The van der Waals surface area contributed by atoms with Crippen molar-refractivity contribution in [3.05, 3.63) is 0 Å². The molecule has 0 aromatic carbocycles. The molecule has 32 nitrogen and oxygen atoms in total. The number of sulfone groups is 16. The minimum absolute atomic E-state index is 0.0966. The second kappa shape index (κ2) is 47.0. The number of rotatable bonds is 40. The summed E-state index contributed by atoms with van der Waals surface area (Å²) in [4.78, 5) is 0. The van der Waals surface area contributed by atoms with Gasteiger partial charge in [0.15, 0.2) is 190 Å². The Morgan fingerprint density at radius 2 is 0.143 bits per heavy atom. The van der Waals surface area contributed by atoms with Gasteiger partial charge in [0.25, 0.3) is 0 Å². The lowest BCUT2D eigenvalue weighted by atomic mass is 10.4. The lowest BCUT2D eigenvalue weighted by Crippen LogP contribution is -2.44. The molecule has 0 aliphatic rings. The molecule has 0 unspecified atom stereocenters. The van der Waals surface area contributed by atoms with Crippen LogP contribution in [0.2, 0.25) is 0 Å². The van der Waals surface area contributed by atoms with E-state index in [0.29, 0.717) is 0 Å². The van der Waals surface area contributed by atoms with Crippen LogP contribution < -0.4 is 0 Å². The van der Waals surface area contributed by atoms with E-state index < -0.39 is 190 Å². The minimum atomic E-state index is -3.57. The summed E-state index contributed by atoms with van der Waals surface area (Å²) in [6.07, 6.45) is 0.773. The molecule has 0 saturated heterocycles. The van der Waals surface area contributed by atoms with Crippen LogP contribution in [-0.4, -0.2) is 259 Å². The molecular formula is C64H144O32S16. The zero-order valence-corrected chi connectivity index (χ0v) is 85.6. The molecule has 0 fully saturated rings. The predicted octanol–water partition coefficient (Wildman–Crippen LogP) is 7.86. The molecule has 0 N–H and O–H groups in total. The topological polar surface area (TPSA) is 546 Å². The Balaban J connectivity index is -0.000000184. The van der Waals surface area contributed by atoms with Crippen LogP contribution in [0.15, 0.2) is 0 Å². The van der Waals surface area contributed by atoms with Gasteiger partial charge < -0.3 is 0 Å². The van der Waals surface area contributed by atoms with Crippen LogP contribution in [0.3, 0.4) is 0 Å². The highest BCUT2D eigenvalue weighted by molar-refractivity contribution is 8.13. The first-order valence-electron chi connectivity index (χ1n) is 37.0. The molecule has 0 spiro atoms. The summed E-state index contributed by atoms with van der Waals surface area (Å²) in [6.45, 7) is 46.5. The van der Waals surface area contributed by atoms with Crippen molar-refractivity contribution in [2.24, 2.45) is 0 Å². The lowest BCUT2D eigenvalue weighted by molar-refractivity contribution is 0.541. The molecule has 0 saturated carbocycles. The van der Waals surface area contributed by atoms with E-state index in [0.717, 1.165) is 0 Å². The fourth-order valence-electron chi connectivity index (χ4n) is 9.95. The predicted molar refractivity (Wildman–Crippen MR) is 461 cm³/mol. The smallest absolute Gasteiger partial charge is 0.170 e. The van der Waals surface area contributed by atoms with E-state index in [1.54, 1.807) is 55.4 Å². The van der Waals surface area contributed by atoms with E-state index in [1.807, 2.05) is 0 Å². The van der Waals surface area contributed by atoms with Crippen LogP contribution in [-0.2, 0) is 157 Å². The molecule has 0 bridgehead atoms. The second-order valence-electron chi connectivity index (χ2n) is 26.4. The Labute approximate surface area is 683 Å². The van der Waals surface area contributed by atoms with Crippen molar-refractivity contribution >= 4 is 157 Å². The van der Waals surface area contributed by atoms with Gasteiger partial charge in [-0.1, -0.05) is 166 Å². The van der Waals surface area contributed by atoms with Crippen LogP contribution in [0.5, 0.6) is 0 Å². The molecule has 0 atom stereocenters. The lowest BCUT2D eigenvalue weighted by Gasteiger charge is -2.26. The maximum absolute atomic E-state index is 11.7.